The standard InChI is InChI=1S/C22H21NO2/c1-23(16-18-11-13-20(24)14-12-18)22(25)21-10-6-5-9-19(21)15-17-7-3-2-4-8-17/h2-14,24H,15-16H2,1H3. The molecule has 0 aliphatic rings. The van der Waals surface area contributed by atoms with Gasteiger partial charge in [-0.1, -0.05) is 60.7 Å². The fourth-order valence-electron chi connectivity index (χ4n) is 2.85. The Kier molecular flexibility index (Phi) is 5.14. The molecule has 3 nitrogen and oxygen atoms in total. The van der Waals surface area contributed by atoms with E-state index in [-0.39, 0.29) is 11.7 Å². The van der Waals surface area contributed by atoms with Gasteiger partial charge in [0, 0.05) is 19.2 Å². The summed E-state index contributed by atoms with van der Waals surface area (Å²) in [5.74, 6) is 0.227. The highest BCUT2D eigenvalue weighted by molar-refractivity contribution is 5.95. The van der Waals surface area contributed by atoms with Gasteiger partial charge in [-0.25, -0.2) is 0 Å². The summed E-state index contributed by atoms with van der Waals surface area (Å²) in [6.07, 6.45) is 0.732. The van der Waals surface area contributed by atoms with Crippen LogP contribution in [0.4, 0.5) is 0 Å². The molecule has 0 radical (unpaired) electrons. The van der Waals surface area contributed by atoms with Crippen molar-refractivity contribution in [3.8, 4) is 5.75 Å². The van der Waals surface area contributed by atoms with Crippen LogP contribution in [0, 0.1) is 0 Å². The summed E-state index contributed by atoms with van der Waals surface area (Å²) in [6, 6.07) is 24.8. The lowest BCUT2D eigenvalue weighted by Gasteiger charge is -2.19. The highest BCUT2D eigenvalue weighted by atomic mass is 16.3. The van der Waals surface area contributed by atoms with Crippen LogP contribution in [0.2, 0.25) is 0 Å². The first kappa shape index (κ1) is 16.8. The van der Waals surface area contributed by atoms with Crippen LogP contribution in [0.5, 0.6) is 5.75 Å². The third-order valence-corrected chi connectivity index (χ3v) is 4.19. The van der Waals surface area contributed by atoms with Gasteiger partial charge in [-0.2, -0.15) is 0 Å². The van der Waals surface area contributed by atoms with Gasteiger partial charge in [-0.15, -0.1) is 0 Å². The van der Waals surface area contributed by atoms with Crippen molar-refractivity contribution in [1.82, 2.24) is 4.90 Å². The number of aromatic hydroxyl groups is 1. The molecule has 0 bridgehead atoms. The third-order valence-electron chi connectivity index (χ3n) is 4.19. The van der Waals surface area contributed by atoms with Gasteiger partial charge in [0.2, 0.25) is 0 Å². The average molecular weight is 331 g/mol. The number of hydrogen-bond acceptors (Lipinski definition) is 2. The van der Waals surface area contributed by atoms with Crippen LogP contribution >= 0.6 is 0 Å². The normalized spacial score (nSPS) is 10.4. The fourth-order valence-corrected chi connectivity index (χ4v) is 2.85. The van der Waals surface area contributed by atoms with Crippen molar-refractivity contribution in [2.75, 3.05) is 7.05 Å². The second-order valence-electron chi connectivity index (χ2n) is 6.15. The van der Waals surface area contributed by atoms with Gasteiger partial charge in [0.15, 0.2) is 0 Å². The highest BCUT2D eigenvalue weighted by Crippen LogP contribution is 2.18. The first-order valence-corrected chi connectivity index (χ1v) is 8.28. The van der Waals surface area contributed by atoms with Crippen LogP contribution in [0.1, 0.15) is 27.0 Å². The smallest absolute Gasteiger partial charge is 0.254 e. The predicted octanol–water partition coefficient (Wildman–Crippen LogP) is 4.26. The molecule has 126 valence electrons. The second kappa shape index (κ2) is 7.67. The van der Waals surface area contributed by atoms with E-state index in [0.717, 1.165) is 23.1 Å². The first-order chi connectivity index (χ1) is 12.1. The molecule has 0 aromatic heterocycles. The van der Waals surface area contributed by atoms with Crippen LogP contribution in [-0.4, -0.2) is 23.0 Å². The Morgan fingerprint density at radius 3 is 2.20 bits per heavy atom. The molecular weight excluding hydrogens is 310 g/mol. The molecule has 0 aliphatic heterocycles. The molecule has 0 unspecified atom stereocenters. The SMILES string of the molecule is CN(Cc1ccc(O)cc1)C(=O)c1ccccc1Cc1ccccc1. The minimum atomic E-state index is -0.000365. The molecule has 0 atom stereocenters. The highest BCUT2D eigenvalue weighted by Gasteiger charge is 2.16. The Labute approximate surface area is 148 Å². The van der Waals surface area contributed by atoms with E-state index in [2.05, 4.69) is 12.1 Å². The number of carbonyl (C=O) groups is 1. The monoisotopic (exact) mass is 331 g/mol. The zero-order chi connectivity index (χ0) is 17.6. The van der Waals surface area contributed by atoms with E-state index in [9.17, 15) is 9.90 Å². The molecule has 1 N–H and O–H groups in total. The van der Waals surface area contributed by atoms with Crippen LogP contribution < -0.4 is 0 Å². The number of carbonyl (C=O) groups excluding carboxylic acids is 1. The molecule has 0 aliphatic carbocycles. The molecule has 3 aromatic carbocycles. The van der Waals surface area contributed by atoms with Crippen molar-refractivity contribution in [3.63, 3.8) is 0 Å². The molecule has 3 heteroatoms. The molecule has 0 heterocycles. The van der Waals surface area contributed by atoms with E-state index in [0.29, 0.717) is 6.54 Å². The molecule has 0 fully saturated rings. The average Bonchev–Trinajstić information content (AvgIpc) is 2.64. The van der Waals surface area contributed by atoms with E-state index in [1.165, 1.54) is 5.56 Å². The van der Waals surface area contributed by atoms with E-state index in [1.807, 2.05) is 54.6 Å². The largest absolute Gasteiger partial charge is 0.508 e. The number of benzene rings is 3. The summed E-state index contributed by atoms with van der Waals surface area (Å²) < 4.78 is 0. The summed E-state index contributed by atoms with van der Waals surface area (Å²) in [5.41, 5.74) is 3.92. The lowest BCUT2D eigenvalue weighted by atomic mass is 9.99. The Morgan fingerprint density at radius 2 is 1.48 bits per heavy atom. The lowest BCUT2D eigenvalue weighted by molar-refractivity contribution is 0.0784. The van der Waals surface area contributed by atoms with Gasteiger partial charge < -0.3 is 10.0 Å². The molecular formula is C22H21NO2. The van der Waals surface area contributed by atoms with Crippen LogP contribution in [0.25, 0.3) is 0 Å². The van der Waals surface area contributed by atoms with E-state index < -0.39 is 0 Å². The number of phenolic OH excluding ortho intramolecular Hbond substituents is 1. The minimum Gasteiger partial charge on any atom is -0.508 e. The number of hydrogen-bond donors (Lipinski definition) is 1. The Balaban J connectivity index is 1.78. The Hall–Kier alpha value is -3.07. The summed E-state index contributed by atoms with van der Waals surface area (Å²) in [5, 5.41) is 9.37. The van der Waals surface area contributed by atoms with Crippen molar-refractivity contribution in [3.05, 3.63) is 101 Å². The van der Waals surface area contributed by atoms with Gasteiger partial charge in [0.1, 0.15) is 5.75 Å². The van der Waals surface area contributed by atoms with Gasteiger partial charge >= 0.3 is 0 Å². The molecule has 25 heavy (non-hydrogen) atoms. The number of amides is 1. The Bertz CT molecular complexity index is 841. The molecule has 1 amide bonds. The zero-order valence-electron chi connectivity index (χ0n) is 14.2. The summed E-state index contributed by atoms with van der Waals surface area (Å²) in [7, 11) is 1.80. The van der Waals surface area contributed by atoms with Gasteiger partial charge in [0.25, 0.3) is 5.91 Å². The number of rotatable bonds is 5. The van der Waals surface area contributed by atoms with Crippen LogP contribution in [0.15, 0.2) is 78.9 Å². The maximum Gasteiger partial charge on any atom is 0.254 e. The summed E-state index contributed by atoms with van der Waals surface area (Å²) in [6.45, 7) is 0.499. The molecule has 3 rings (SSSR count). The van der Waals surface area contributed by atoms with Crippen LogP contribution in [0.3, 0.4) is 0 Å². The van der Waals surface area contributed by atoms with Gasteiger partial charge in [-0.3, -0.25) is 4.79 Å². The lowest BCUT2D eigenvalue weighted by Crippen LogP contribution is -2.27. The molecule has 0 saturated carbocycles. The van der Waals surface area contributed by atoms with Crippen molar-refractivity contribution in [2.24, 2.45) is 0 Å². The number of nitrogens with zero attached hydrogens (tertiary/aromatic N) is 1. The maximum absolute atomic E-state index is 12.9. The minimum absolute atomic E-state index is 0.000365. The number of phenols is 1. The van der Waals surface area contributed by atoms with Crippen LogP contribution in [-0.2, 0) is 13.0 Å². The van der Waals surface area contributed by atoms with Crippen molar-refractivity contribution in [2.45, 2.75) is 13.0 Å². The quantitative estimate of drug-likeness (QED) is 0.759. The van der Waals surface area contributed by atoms with E-state index in [1.54, 1.807) is 24.1 Å². The first-order valence-electron chi connectivity index (χ1n) is 8.28. The summed E-state index contributed by atoms with van der Waals surface area (Å²) in [4.78, 5) is 14.6. The third kappa shape index (κ3) is 4.27. The Morgan fingerprint density at radius 1 is 0.840 bits per heavy atom. The van der Waals surface area contributed by atoms with E-state index in [4.69, 9.17) is 0 Å². The maximum atomic E-state index is 12.9. The van der Waals surface area contributed by atoms with Crippen molar-refractivity contribution < 1.29 is 9.90 Å². The second-order valence-corrected chi connectivity index (χ2v) is 6.15. The zero-order valence-corrected chi connectivity index (χ0v) is 14.2. The predicted molar refractivity (Wildman–Crippen MR) is 99.6 cm³/mol. The molecule has 0 spiro atoms. The van der Waals surface area contributed by atoms with Gasteiger partial charge in [0.05, 0.1) is 0 Å². The fraction of sp³-hybridized carbons (Fsp3) is 0.136. The van der Waals surface area contributed by atoms with Crippen molar-refractivity contribution >= 4 is 5.91 Å². The van der Waals surface area contributed by atoms with Gasteiger partial charge in [-0.05, 0) is 41.3 Å². The molecule has 3 aromatic rings. The molecule has 0 saturated heterocycles. The van der Waals surface area contributed by atoms with E-state index >= 15 is 0 Å². The topological polar surface area (TPSA) is 40.5 Å². The summed E-state index contributed by atoms with van der Waals surface area (Å²) >= 11 is 0. The van der Waals surface area contributed by atoms with Crippen molar-refractivity contribution in [1.29, 1.82) is 0 Å².